The molecule has 0 bridgehead atoms. The van der Waals surface area contributed by atoms with Crippen molar-refractivity contribution in [2.24, 2.45) is 0 Å². The number of nitrogens with zero attached hydrogens (tertiary/aromatic N) is 1. The van der Waals surface area contributed by atoms with E-state index in [1.807, 2.05) is 0 Å². The van der Waals surface area contributed by atoms with Gasteiger partial charge in [-0.1, -0.05) is 0 Å². The Morgan fingerprint density at radius 2 is 1.90 bits per heavy atom. The van der Waals surface area contributed by atoms with Crippen LogP contribution in [0.1, 0.15) is 39.5 Å². The Labute approximate surface area is 129 Å². The van der Waals surface area contributed by atoms with E-state index in [0.717, 1.165) is 45.7 Å². The Bertz CT molecular complexity index is 309. The molecule has 5 nitrogen and oxygen atoms in total. The summed E-state index contributed by atoms with van der Waals surface area (Å²) in [6.45, 7) is 11.4. The van der Waals surface area contributed by atoms with E-state index in [1.165, 1.54) is 19.4 Å². The van der Waals surface area contributed by atoms with Gasteiger partial charge in [0.1, 0.15) is 13.1 Å². The molecule has 2 heterocycles. The number of morpholine rings is 1. The lowest BCUT2D eigenvalue weighted by Gasteiger charge is -2.38. The molecule has 5 heteroatoms. The number of amides is 1. The Morgan fingerprint density at radius 1 is 1.24 bits per heavy atom. The quantitative estimate of drug-likeness (QED) is 0.596. The second-order valence-corrected chi connectivity index (χ2v) is 6.68. The van der Waals surface area contributed by atoms with Crippen molar-refractivity contribution in [3.05, 3.63) is 0 Å². The number of piperidine rings is 1. The average Bonchev–Trinajstić information content (AvgIpc) is 2.48. The van der Waals surface area contributed by atoms with Crippen LogP contribution in [0, 0.1) is 0 Å². The van der Waals surface area contributed by atoms with E-state index in [-0.39, 0.29) is 0 Å². The number of nitrogens with one attached hydrogen (secondary N) is 1. The lowest BCUT2D eigenvalue weighted by Crippen LogP contribution is -3.14. The molecule has 0 aromatic heterocycles. The Balaban J connectivity index is 1.58. The lowest BCUT2D eigenvalue weighted by molar-refractivity contribution is -0.909. The Hall–Kier alpha value is -0.650. The van der Waals surface area contributed by atoms with Crippen LogP contribution in [0.15, 0.2) is 0 Å². The van der Waals surface area contributed by atoms with E-state index in [0.29, 0.717) is 24.5 Å². The fourth-order valence-electron chi connectivity index (χ4n) is 3.65. The van der Waals surface area contributed by atoms with Gasteiger partial charge in [-0.05, 0) is 33.1 Å². The van der Waals surface area contributed by atoms with Crippen molar-refractivity contribution in [1.82, 2.24) is 4.90 Å². The average molecular weight is 299 g/mol. The molecule has 2 aliphatic heterocycles. The third-order valence-electron chi connectivity index (χ3n) is 4.94. The Kier molecular flexibility index (Phi) is 6.93. The first-order valence-corrected chi connectivity index (χ1v) is 8.72. The number of likely N-dealkylation sites (tertiary alicyclic amines) is 1. The summed E-state index contributed by atoms with van der Waals surface area (Å²) >= 11 is 0. The first-order chi connectivity index (χ1) is 10.2. The minimum absolute atomic E-state index is 0.327. The summed E-state index contributed by atoms with van der Waals surface area (Å²) in [7, 11) is 0. The molecule has 2 atom stereocenters. The van der Waals surface area contributed by atoms with Crippen LogP contribution in [-0.4, -0.2) is 68.8 Å². The normalized spacial score (nSPS) is 27.8. The van der Waals surface area contributed by atoms with Gasteiger partial charge >= 0.3 is 0 Å². The summed E-state index contributed by atoms with van der Waals surface area (Å²) in [5, 5.41) is 2.19. The third kappa shape index (κ3) is 5.24. The van der Waals surface area contributed by atoms with Gasteiger partial charge in [0.05, 0.1) is 26.3 Å². The molecule has 21 heavy (non-hydrogen) atoms. The minimum Gasteiger partial charge on any atom is -0.370 e. The maximum absolute atomic E-state index is 12.4. The standard InChI is InChI=1S/C16H31N3O2/c1-14-5-3-6-15(2)19(14)16(20)13-17-7-4-8-18-9-11-21-12-10-18/h14-15,17H,3-13H2,1-2H3/p+2/t14-,15-/m1/s1. The molecule has 2 fully saturated rings. The molecule has 0 aliphatic carbocycles. The van der Waals surface area contributed by atoms with E-state index in [2.05, 4.69) is 24.1 Å². The fourth-order valence-corrected chi connectivity index (χ4v) is 3.65. The molecule has 0 aromatic carbocycles. The van der Waals surface area contributed by atoms with Crippen LogP contribution in [0.2, 0.25) is 0 Å². The topological polar surface area (TPSA) is 50.6 Å². The lowest BCUT2D eigenvalue weighted by atomic mass is 9.97. The van der Waals surface area contributed by atoms with Gasteiger partial charge in [-0.3, -0.25) is 4.79 Å². The van der Waals surface area contributed by atoms with Crippen molar-refractivity contribution in [3.8, 4) is 0 Å². The van der Waals surface area contributed by atoms with Crippen molar-refractivity contribution in [1.29, 1.82) is 0 Å². The second kappa shape index (κ2) is 8.71. The number of nitrogens with two attached hydrogens (primary N) is 1. The summed E-state index contributed by atoms with van der Waals surface area (Å²) in [5.41, 5.74) is 0. The van der Waals surface area contributed by atoms with E-state index < -0.39 is 0 Å². The van der Waals surface area contributed by atoms with Gasteiger partial charge in [0, 0.05) is 18.5 Å². The van der Waals surface area contributed by atoms with Crippen molar-refractivity contribution in [2.75, 3.05) is 45.9 Å². The SMILES string of the molecule is C[C@@H]1CCC[C@@H](C)N1C(=O)C[NH2+]CCC[NH+]1CCOCC1. The van der Waals surface area contributed by atoms with Gasteiger partial charge in [-0.15, -0.1) is 0 Å². The summed E-state index contributed by atoms with van der Waals surface area (Å²) in [5.74, 6) is 0.327. The van der Waals surface area contributed by atoms with Crippen LogP contribution in [0.4, 0.5) is 0 Å². The highest BCUT2D eigenvalue weighted by Gasteiger charge is 2.29. The maximum Gasteiger partial charge on any atom is 0.278 e. The largest absolute Gasteiger partial charge is 0.370 e. The highest BCUT2D eigenvalue weighted by Crippen LogP contribution is 2.21. The molecule has 0 aromatic rings. The van der Waals surface area contributed by atoms with E-state index in [4.69, 9.17) is 4.74 Å². The number of carbonyl (C=O) groups excluding carboxylic acids is 1. The van der Waals surface area contributed by atoms with Crippen LogP contribution in [0.3, 0.4) is 0 Å². The van der Waals surface area contributed by atoms with Crippen molar-refractivity contribution in [2.45, 2.75) is 51.6 Å². The van der Waals surface area contributed by atoms with Crippen LogP contribution < -0.4 is 10.2 Å². The monoisotopic (exact) mass is 299 g/mol. The zero-order chi connectivity index (χ0) is 15.1. The molecular weight excluding hydrogens is 266 g/mol. The van der Waals surface area contributed by atoms with Crippen LogP contribution in [0.25, 0.3) is 0 Å². The molecule has 2 aliphatic rings. The van der Waals surface area contributed by atoms with Gasteiger partial charge in [0.2, 0.25) is 0 Å². The minimum atomic E-state index is 0.327. The van der Waals surface area contributed by atoms with Gasteiger partial charge in [-0.2, -0.15) is 0 Å². The van der Waals surface area contributed by atoms with Gasteiger partial charge in [-0.25, -0.2) is 0 Å². The van der Waals surface area contributed by atoms with E-state index in [1.54, 1.807) is 4.90 Å². The first kappa shape index (κ1) is 16.7. The highest BCUT2D eigenvalue weighted by atomic mass is 16.5. The molecule has 1 amide bonds. The van der Waals surface area contributed by atoms with Crippen LogP contribution in [0.5, 0.6) is 0 Å². The molecule has 0 saturated carbocycles. The fraction of sp³-hybridized carbons (Fsp3) is 0.938. The van der Waals surface area contributed by atoms with Crippen molar-refractivity contribution >= 4 is 5.91 Å². The first-order valence-electron chi connectivity index (χ1n) is 8.72. The molecule has 2 saturated heterocycles. The molecule has 3 N–H and O–H groups in total. The summed E-state index contributed by atoms with van der Waals surface area (Å²) in [6, 6.07) is 0.847. The predicted molar refractivity (Wildman–Crippen MR) is 82.3 cm³/mol. The molecule has 122 valence electrons. The molecule has 0 radical (unpaired) electrons. The zero-order valence-electron chi connectivity index (χ0n) is 13.8. The van der Waals surface area contributed by atoms with Crippen molar-refractivity contribution < 1.29 is 19.7 Å². The molecule has 0 unspecified atom stereocenters. The second-order valence-electron chi connectivity index (χ2n) is 6.68. The van der Waals surface area contributed by atoms with E-state index >= 15 is 0 Å². The molecular formula is C16H33N3O2+2. The number of quaternary nitrogens is 2. The summed E-state index contributed by atoms with van der Waals surface area (Å²) < 4.78 is 5.37. The number of carbonyl (C=O) groups is 1. The van der Waals surface area contributed by atoms with Crippen LogP contribution >= 0.6 is 0 Å². The van der Waals surface area contributed by atoms with Gasteiger partial charge in [0.25, 0.3) is 5.91 Å². The van der Waals surface area contributed by atoms with Crippen LogP contribution in [-0.2, 0) is 9.53 Å². The van der Waals surface area contributed by atoms with Crippen molar-refractivity contribution in [3.63, 3.8) is 0 Å². The number of hydrogen-bond donors (Lipinski definition) is 2. The smallest absolute Gasteiger partial charge is 0.278 e. The number of ether oxygens (including phenoxy) is 1. The molecule has 2 rings (SSSR count). The predicted octanol–water partition coefficient (Wildman–Crippen LogP) is -1.36. The summed E-state index contributed by atoms with van der Waals surface area (Å²) in [6.07, 6.45) is 4.78. The van der Waals surface area contributed by atoms with Gasteiger partial charge < -0.3 is 19.9 Å². The zero-order valence-corrected chi connectivity index (χ0v) is 13.8. The third-order valence-corrected chi connectivity index (χ3v) is 4.94. The molecule has 0 spiro atoms. The highest BCUT2D eigenvalue weighted by molar-refractivity contribution is 5.77. The van der Waals surface area contributed by atoms with Gasteiger partial charge in [0.15, 0.2) is 6.54 Å². The summed E-state index contributed by atoms with van der Waals surface area (Å²) in [4.78, 5) is 16.1. The number of hydrogen-bond acceptors (Lipinski definition) is 2. The van der Waals surface area contributed by atoms with E-state index in [9.17, 15) is 4.79 Å². The number of rotatable bonds is 6. The maximum atomic E-state index is 12.4. The Morgan fingerprint density at radius 3 is 2.57 bits per heavy atom.